The number of nitrogens with zero attached hydrogens (tertiary/aromatic N) is 4. The lowest BCUT2D eigenvalue weighted by molar-refractivity contribution is 0.312. The van der Waals surface area contributed by atoms with E-state index >= 15 is 4.39 Å². The number of likely N-dealkylation sites (N-methyl/N-ethyl adjacent to an activating group) is 1. The Hall–Kier alpha value is -2.25. The summed E-state index contributed by atoms with van der Waals surface area (Å²) in [6, 6.07) is 1.51. The van der Waals surface area contributed by atoms with Gasteiger partial charge in [0, 0.05) is 37.1 Å². The van der Waals surface area contributed by atoms with Gasteiger partial charge in [0.1, 0.15) is 29.2 Å². The molecule has 1 aliphatic rings. The molecule has 0 atom stereocenters. The Morgan fingerprint density at radius 1 is 1.27 bits per heavy atom. The van der Waals surface area contributed by atoms with Gasteiger partial charge in [-0.15, -0.1) is 0 Å². The SMILES string of the molecule is C=C(O)/C(=C(\C)F)c1c(Cl)cc2c(N3CCN(C)CC3)ncnc2c1F. The third kappa shape index (κ3) is 3.24. The van der Waals surface area contributed by atoms with Gasteiger partial charge in [-0.3, -0.25) is 0 Å². The highest BCUT2D eigenvalue weighted by Crippen LogP contribution is 2.38. The molecule has 0 unspecified atom stereocenters. The number of aromatic nitrogens is 2. The van der Waals surface area contributed by atoms with Crippen LogP contribution in [0.5, 0.6) is 0 Å². The largest absolute Gasteiger partial charge is 0.508 e. The highest BCUT2D eigenvalue weighted by atomic mass is 35.5. The van der Waals surface area contributed by atoms with Crippen LogP contribution in [0.1, 0.15) is 12.5 Å². The van der Waals surface area contributed by atoms with E-state index in [-0.39, 0.29) is 21.7 Å². The van der Waals surface area contributed by atoms with E-state index in [0.29, 0.717) is 11.2 Å². The number of anilines is 1. The van der Waals surface area contributed by atoms with Gasteiger partial charge in [-0.05, 0) is 20.0 Å². The fourth-order valence-corrected chi connectivity index (χ4v) is 3.42. The summed E-state index contributed by atoms with van der Waals surface area (Å²) in [6.07, 6.45) is 1.27. The minimum absolute atomic E-state index is 0.0216. The Morgan fingerprint density at radius 3 is 2.50 bits per heavy atom. The zero-order valence-corrected chi connectivity index (χ0v) is 15.3. The van der Waals surface area contributed by atoms with Crippen molar-refractivity contribution in [2.24, 2.45) is 0 Å². The number of allylic oxidation sites excluding steroid dienone is 2. The molecule has 0 radical (unpaired) electrons. The molecule has 2 heterocycles. The maximum atomic E-state index is 15.2. The zero-order chi connectivity index (χ0) is 19.0. The molecule has 0 bridgehead atoms. The molecule has 0 aliphatic carbocycles. The van der Waals surface area contributed by atoms with Crippen LogP contribution in [0.2, 0.25) is 5.02 Å². The fourth-order valence-electron chi connectivity index (χ4n) is 3.13. The highest BCUT2D eigenvalue weighted by molar-refractivity contribution is 6.33. The van der Waals surface area contributed by atoms with Crippen LogP contribution in [0.25, 0.3) is 16.5 Å². The van der Waals surface area contributed by atoms with E-state index in [2.05, 4.69) is 21.4 Å². The summed E-state index contributed by atoms with van der Waals surface area (Å²) >= 11 is 6.25. The zero-order valence-electron chi connectivity index (χ0n) is 14.6. The van der Waals surface area contributed by atoms with E-state index in [1.165, 1.54) is 12.4 Å². The summed E-state index contributed by atoms with van der Waals surface area (Å²) in [5.41, 5.74) is -0.600. The van der Waals surface area contributed by atoms with E-state index in [1.54, 1.807) is 0 Å². The van der Waals surface area contributed by atoms with Crippen molar-refractivity contribution >= 4 is 33.9 Å². The molecule has 138 valence electrons. The van der Waals surface area contributed by atoms with Crippen LogP contribution in [0.3, 0.4) is 0 Å². The van der Waals surface area contributed by atoms with E-state index in [4.69, 9.17) is 11.6 Å². The summed E-state index contributed by atoms with van der Waals surface area (Å²) in [7, 11) is 2.03. The number of aliphatic hydroxyl groups is 1. The number of rotatable bonds is 3. The van der Waals surface area contributed by atoms with E-state index in [0.717, 1.165) is 33.1 Å². The van der Waals surface area contributed by atoms with Gasteiger partial charge in [0.2, 0.25) is 0 Å². The van der Waals surface area contributed by atoms with Crippen molar-refractivity contribution in [3.05, 3.63) is 47.0 Å². The molecule has 0 spiro atoms. The molecule has 5 nitrogen and oxygen atoms in total. The minimum atomic E-state index is -0.813. The van der Waals surface area contributed by atoms with Crippen molar-refractivity contribution < 1.29 is 13.9 Å². The highest BCUT2D eigenvalue weighted by Gasteiger charge is 2.25. The van der Waals surface area contributed by atoms with Gasteiger partial charge in [-0.1, -0.05) is 18.2 Å². The van der Waals surface area contributed by atoms with Crippen LogP contribution >= 0.6 is 11.6 Å². The van der Waals surface area contributed by atoms with Crippen LogP contribution in [0.15, 0.2) is 30.6 Å². The first-order chi connectivity index (χ1) is 12.3. The third-order valence-corrected chi connectivity index (χ3v) is 4.78. The maximum Gasteiger partial charge on any atom is 0.159 e. The van der Waals surface area contributed by atoms with E-state index < -0.39 is 17.4 Å². The average Bonchev–Trinajstić information content (AvgIpc) is 2.58. The first-order valence-electron chi connectivity index (χ1n) is 8.12. The molecule has 1 aromatic carbocycles. The second-order valence-electron chi connectivity index (χ2n) is 6.29. The lowest BCUT2D eigenvalue weighted by Gasteiger charge is -2.33. The van der Waals surface area contributed by atoms with Crippen LogP contribution < -0.4 is 4.90 Å². The number of piperazine rings is 1. The van der Waals surface area contributed by atoms with E-state index in [9.17, 15) is 9.50 Å². The normalized spacial score (nSPS) is 16.7. The molecule has 3 rings (SSSR count). The summed E-state index contributed by atoms with van der Waals surface area (Å²) in [6.45, 7) is 7.61. The van der Waals surface area contributed by atoms with Gasteiger partial charge in [0.15, 0.2) is 5.82 Å². The number of hydrogen-bond donors (Lipinski definition) is 1. The van der Waals surface area contributed by atoms with Crippen LogP contribution in [-0.2, 0) is 0 Å². The number of fused-ring (bicyclic) bond motifs is 1. The Kier molecular flexibility index (Phi) is 5.11. The van der Waals surface area contributed by atoms with Gasteiger partial charge in [0.05, 0.1) is 10.6 Å². The number of benzene rings is 1. The molecular formula is C18H19ClF2N4O. The van der Waals surface area contributed by atoms with Crippen molar-refractivity contribution in [1.82, 2.24) is 14.9 Å². The van der Waals surface area contributed by atoms with Crippen LogP contribution in [-0.4, -0.2) is 53.2 Å². The predicted molar refractivity (Wildman–Crippen MR) is 99.7 cm³/mol. The Labute approximate surface area is 155 Å². The van der Waals surface area contributed by atoms with Crippen molar-refractivity contribution in [1.29, 1.82) is 0 Å². The lowest BCUT2D eigenvalue weighted by Crippen LogP contribution is -2.44. The molecular weight excluding hydrogens is 362 g/mol. The fraction of sp³-hybridized carbons (Fsp3) is 0.333. The monoisotopic (exact) mass is 380 g/mol. The number of hydrogen-bond acceptors (Lipinski definition) is 5. The van der Waals surface area contributed by atoms with Gasteiger partial charge >= 0.3 is 0 Å². The smallest absolute Gasteiger partial charge is 0.159 e. The Morgan fingerprint density at radius 2 is 1.92 bits per heavy atom. The first kappa shape index (κ1) is 18.5. The van der Waals surface area contributed by atoms with Crippen LogP contribution in [0, 0.1) is 5.82 Å². The molecule has 0 saturated carbocycles. The van der Waals surface area contributed by atoms with Gasteiger partial charge < -0.3 is 14.9 Å². The number of halogens is 3. The summed E-state index contributed by atoms with van der Waals surface area (Å²) in [5, 5.41) is 10.1. The average molecular weight is 381 g/mol. The van der Waals surface area contributed by atoms with Gasteiger partial charge in [-0.25, -0.2) is 18.7 Å². The minimum Gasteiger partial charge on any atom is -0.508 e. The van der Waals surface area contributed by atoms with E-state index in [1.807, 2.05) is 11.9 Å². The second-order valence-corrected chi connectivity index (χ2v) is 6.69. The number of aliphatic hydroxyl groups excluding tert-OH is 1. The van der Waals surface area contributed by atoms with Crippen molar-refractivity contribution in [2.75, 3.05) is 38.1 Å². The van der Waals surface area contributed by atoms with Crippen molar-refractivity contribution in [3.8, 4) is 0 Å². The lowest BCUT2D eigenvalue weighted by atomic mass is 10.0. The molecule has 1 aromatic heterocycles. The summed E-state index contributed by atoms with van der Waals surface area (Å²) < 4.78 is 29.0. The second kappa shape index (κ2) is 7.17. The maximum absolute atomic E-state index is 15.2. The topological polar surface area (TPSA) is 52.5 Å². The van der Waals surface area contributed by atoms with Crippen molar-refractivity contribution in [3.63, 3.8) is 0 Å². The van der Waals surface area contributed by atoms with Crippen molar-refractivity contribution in [2.45, 2.75) is 6.92 Å². The molecule has 1 N–H and O–H groups in total. The predicted octanol–water partition coefficient (Wildman–Crippen LogP) is 3.95. The summed E-state index contributed by atoms with van der Waals surface area (Å²) in [4.78, 5) is 12.6. The molecule has 1 fully saturated rings. The van der Waals surface area contributed by atoms with Crippen LogP contribution in [0.4, 0.5) is 14.6 Å². The standard InChI is InChI=1S/C18H19ClF2N4O/c1-10(20)14(11(2)26)15-13(19)8-12-17(16(15)21)22-9-23-18(12)25-6-4-24(3)5-7-25/h8-9,26H,2,4-7H2,1,3H3/b14-10-. The van der Waals surface area contributed by atoms with Gasteiger partial charge in [-0.2, -0.15) is 0 Å². The first-order valence-corrected chi connectivity index (χ1v) is 8.50. The summed E-state index contributed by atoms with van der Waals surface area (Å²) in [5.74, 6) is -1.61. The van der Waals surface area contributed by atoms with Gasteiger partial charge in [0.25, 0.3) is 0 Å². The molecule has 2 aromatic rings. The molecule has 1 aliphatic heterocycles. The quantitative estimate of drug-likeness (QED) is 0.645. The molecule has 1 saturated heterocycles. The molecule has 8 heteroatoms. The molecule has 26 heavy (non-hydrogen) atoms. The Bertz CT molecular complexity index is 904. The third-order valence-electron chi connectivity index (χ3n) is 4.49. The Balaban J connectivity index is 2.20. The molecule has 0 amide bonds.